The van der Waals surface area contributed by atoms with Crippen molar-refractivity contribution < 1.29 is 13.8 Å². The minimum absolute atomic E-state index is 0.128. The molecule has 0 aliphatic heterocycles. The van der Waals surface area contributed by atoms with Gasteiger partial charge in [0, 0.05) is 13.0 Å². The van der Waals surface area contributed by atoms with Crippen molar-refractivity contribution in [2.24, 2.45) is 0 Å². The molecule has 18 heavy (non-hydrogen) atoms. The maximum atomic E-state index is 13.3. The molecule has 1 aromatic carbocycles. The number of benzene rings is 1. The lowest BCUT2D eigenvalue weighted by atomic mass is 10.2. The van der Waals surface area contributed by atoms with E-state index in [-0.39, 0.29) is 5.69 Å². The molecule has 0 atom stereocenters. The highest BCUT2D eigenvalue weighted by atomic mass is 19.1. The van der Waals surface area contributed by atoms with Gasteiger partial charge in [-0.15, -0.1) is 0 Å². The molecule has 0 unspecified atom stereocenters. The van der Waals surface area contributed by atoms with Crippen LogP contribution in [0.2, 0.25) is 0 Å². The van der Waals surface area contributed by atoms with Crippen molar-refractivity contribution in [3.05, 3.63) is 46.3 Å². The molecular weight excluding hydrogens is 243 g/mol. The molecule has 0 bridgehead atoms. The fourth-order valence-corrected chi connectivity index (χ4v) is 1.46. The van der Waals surface area contributed by atoms with E-state index in [0.29, 0.717) is 18.8 Å². The van der Waals surface area contributed by atoms with Gasteiger partial charge in [0.05, 0.1) is 4.92 Å². The number of nitrogens with one attached hydrogen (secondary N) is 1. The van der Waals surface area contributed by atoms with Crippen LogP contribution in [0.3, 0.4) is 0 Å². The summed E-state index contributed by atoms with van der Waals surface area (Å²) in [5.41, 5.74) is -0.436. The Balaban J connectivity index is 2.05. The zero-order chi connectivity index (χ0) is 13.0. The van der Waals surface area contributed by atoms with Crippen LogP contribution in [-0.2, 0) is 6.42 Å². The summed E-state index contributed by atoms with van der Waals surface area (Å²) in [7, 11) is 0. The number of hydrogen-bond acceptors (Lipinski definition) is 6. The lowest BCUT2D eigenvalue weighted by Gasteiger charge is -2.05. The molecule has 0 saturated heterocycles. The second-order valence-electron chi connectivity index (χ2n) is 3.42. The highest BCUT2D eigenvalue weighted by Gasteiger charge is 2.19. The summed E-state index contributed by atoms with van der Waals surface area (Å²) in [6.07, 6.45) is 1.62. The average molecular weight is 252 g/mol. The molecule has 8 heteroatoms. The van der Waals surface area contributed by atoms with Crippen LogP contribution in [0.1, 0.15) is 5.82 Å². The molecule has 0 amide bonds. The van der Waals surface area contributed by atoms with Crippen molar-refractivity contribution >= 4 is 11.4 Å². The Hall–Kier alpha value is -2.51. The number of halogens is 1. The van der Waals surface area contributed by atoms with Crippen LogP contribution >= 0.6 is 0 Å². The number of nitro groups is 1. The number of nitrogens with zero attached hydrogens (tertiary/aromatic N) is 3. The maximum Gasteiger partial charge on any atom is 0.327 e. The zero-order valence-electron chi connectivity index (χ0n) is 9.17. The van der Waals surface area contributed by atoms with Gasteiger partial charge in [-0.1, -0.05) is 11.2 Å². The minimum atomic E-state index is -0.871. The molecule has 0 spiro atoms. The van der Waals surface area contributed by atoms with Crippen LogP contribution in [0.25, 0.3) is 0 Å². The Morgan fingerprint density at radius 2 is 2.33 bits per heavy atom. The first-order valence-electron chi connectivity index (χ1n) is 5.10. The third-order valence-corrected chi connectivity index (χ3v) is 2.24. The second-order valence-corrected chi connectivity index (χ2v) is 3.42. The Bertz CT molecular complexity index is 544. The van der Waals surface area contributed by atoms with Crippen LogP contribution in [0.4, 0.5) is 15.8 Å². The molecule has 0 fully saturated rings. The van der Waals surface area contributed by atoms with Gasteiger partial charge in [0.15, 0.2) is 5.82 Å². The molecule has 1 N–H and O–H groups in total. The first kappa shape index (κ1) is 12.0. The molecule has 7 nitrogen and oxygen atoms in total. The van der Waals surface area contributed by atoms with Gasteiger partial charge in [-0.05, 0) is 12.1 Å². The summed E-state index contributed by atoms with van der Waals surface area (Å²) >= 11 is 0. The third kappa shape index (κ3) is 2.59. The van der Waals surface area contributed by atoms with E-state index in [0.717, 1.165) is 6.07 Å². The highest BCUT2D eigenvalue weighted by Crippen LogP contribution is 2.26. The molecule has 0 aliphatic rings. The van der Waals surface area contributed by atoms with E-state index in [9.17, 15) is 14.5 Å². The summed E-state index contributed by atoms with van der Waals surface area (Å²) in [6.45, 7) is 0.337. The SMILES string of the molecule is O=[N+]([O-])c1c(F)cccc1NCCc1ncon1. The lowest BCUT2D eigenvalue weighted by Crippen LogP contribution is -2.08. The van der Waals surface area contributed by atoms with Gasteiger partial charge in [-0.25, -0.2) is 0 Å². The topological polar surface area (TPSA) is 94.1 Å². The van der Waals surface area contributed by atoms with Crippen molar-refractivity contribution in [3.8, 4) is 0 Å². The van der Waals surface area contributed by atoms with Crippen molar-refractivity contribution in [1.29, 1.82) is 0 Å². The summed E-state index contributed by atoms with van der Waals surface area (Å²) in [5, 5.41) is 17.1. The van der Waals surface area contributed by atoms with Gasteiger partial charge in [-0.2, -0.15) is 9.37 Å². The van der Waals surface area contributed by atoms with Gasteiger partial charge in [0.25, 0.3) is 0 Å². The molecule has 94 valence electrons. The third-order valence-electron chi connectivity index (χ3n) is 2.24. The Kier molecular flexibility index (Phi) is 3.46. The fourth-order valence-electron chi connectivity index (χ4n) is 1.46. The van der Waals surface area contributed by atoms with Crippen LogP contribution in [0.15, 0.2) is 29.1 Å². The number of para-hydroxylation sites is 1. The van der Waals surface area contributed by atoms with Gasteiger partial charge < -0.3 is 9.84 Å². The Labute approximate surface area is 101 Å². The van der Waals surface area contributed by atoms with Crippen molar-refractivity contribution in [2.75, 3.05) is 11.9 Å². The first-order valence-corrected chi connectivity index (χ1v) is 5.10. The summed E-state index contributed by atoms with van der Waals surface area (Å²) in [4.78, 5) is 13.8. The van der Waals surface area contributed by atoms with E-state index < -0.39 is 16.4 Å². The summed E-state index contributed by atoms with van der Waals surface area (Å²) < 4.78 is 17.8. The van der Waals surface area contributed by atoms with E-state index >= 15 is 0 Å². The van der Waals surface area contributed by atoms with Crippen LogP contribution < -0.4 is 5.32 Å². The van der Waals surface area contributed by atoms with E-state index in [1.807, 2.05) is 0 Å². The van der Waals surface area contributed by atoms with Crippen molar-refractivity contribution in [3.63, 3.8) is 0 Å². The van der Waals surface area contributed by atoms with Gasteiger partial charge in [0.2, 0.25) is 12.2 Å². The fraction of sp³-hybridized carbons (Fsp3) is 0.200. The predicted molar refractivity (Wildman–Crippen MR) is 59.5 cm³/mol. The molecule has 0 saturated carbocycles. The normalized spacial score (nSPS) is 10.3. The van der Waals surface area contributed by atoms with Crippen LogP contribution in [0.5, 0.6) is 0 Å². The maximum absolute atomic E-state index is 13.3. The standard InChI is InChI=1S/C10H9FN4O3/c11-7-2-1-3-8(10(7)15(16)17)12-5-4-9-13-6-18-14-9/h1-3,6,12H,4-5H2. The first-order chi connectivity index (χ1) is 8.68. The van der Waals surface area contributed by atoms with Gasteiger partial charge in [-0.3, -0.25) is 10.1 Å². The number of aromatic nitrogens is 2. The van der Waals surface area contributed by atoms with Gasteiger partial charge in [0.1, 0.15) is 5.69 Å². The Morgan fingerprint density at radius 1 is 1.50 bits per heavy atom. The largest absolute Gasteiger partial charge is 0.379 e. The second kappa shape index (κ2) is 5.21. The number of anilines is 1. The zero-order valence-corrected chi connectivity index (χ0v) is 9.17. The lowest BCUT2D eigenvalue weighted by molar-refractivity contribution is -0.386. The molecule has 2 rings (SSSR count). The molecular formula is C10H9FN4O3. The van der Waals surface area contributed by atoms with E-state index in [1.54, 1.807) is 0 Å². The van der Waals surface area contributed by atoms with E-state index in [1.165, 1.54) is 18.5 Å². The molecule has 0 aliphatic carbocycles. The van der Waals surface area contributed by atoms with E-state index in [2.05, 4.69) is 20.0 Å². The average Bonchev–Trinajstić information content (AvgIpc) is 2.81. The van der Waals surface area contributed by atoms with Crippen molar-refractivity contribution in [2.45, 2.75) is 6.42 Å². The van der Waals surface area contributed by atoms with Crippen LogP contribution in [-0.4, -0.2) is 21.6 Å². The highest BCUT2D eigenvalue weighted by molar-refractivity contribution is 5.61. The van der Waals surface area contributed by atoms with Crippen molar-refractivity contribution in [1.82, 2.24) is 10.1 Å². The molecule has 0 radical (unpaired) electrons. The quantitative estimate of drug-likeness (QED) is 0.643. The summed E-state index contributed by atoms with van der Waals surface area (Å²) in [6, 6.07) is 3.89. The molecule has 1 heterocycles. The smallest absolute Gasteiger partial charge is 0.327 e. The minimum Gasteiger partial charge on any atom is -0.379 e. The predicted octanol–water partition coefficient (Wildman–Crippen LogP) is 1.77. The van der Waals surface area contributed by atoms with Gasteiger partial charge >= 0.3 is 5.69 Å². The Morgan fingerprint density at radius 3 is 3.00 bits per heavy atom. The number of rotatable bonds is 5. The monoisotopic (exact) mass is 252 g/mol. The number of nitro benzene ring substituents is 1. The number of hydrogen-bond donors (Lipinski definition) is 1. The van der Waals surface area contributed by atoms with Crippen LogP contribution in [0, 0.1) is 15.9 Å². The van der Waals surface area contributed by atoms with E-state index in [4.69, 9.17) is 0 Å². The molecule has 2 aromatic rings. The summed E-state index contributed by atoms with van der Waals surface area (Å²) in [5.74, 6) is -0.397. The molecule has 1 aromatic heterocycles.